The number of benzene rings is 1. The van der Waals surface area contributed by atoms with Crippen molar-refractivity contribution in [3.63, 3.8) is 0 Å². The molecule has 88 valence electrons. The fourth-order valence-electron chi connectivity index (χ4n) is 1.72. The molecule has 2 rings (SSSR count). The van der Waals surface area contributed by atoms with Crippen LogP contribution in [-0.4, -0.2) is 25.2 Å². The Morgan fingerprint density at radius 1 is 1.47 bits per heavy atom. The number of nitrogens with zero attached hydrogens (tertiary/aromatic N) is 2. The molecule has 1 fully saturated rings. The van der Waals surface area contributed by atoms with Crippen LogP contribution in [0.1, 0.15) is 6.42 Å². The van der Waals surface area contributed by atoms with Crippen molar-refractivity contribution in [2.45, 2.75) is 12.5 Å². The Kier molecular flexibility index (Phi) is 3.77. The first-order chi connectivity index (χ1) is 8.20. The molecule has 0 aromatic heterocycles. The third-order valence-electron chi connectivity index (χ3n) is 2.59. The van der Waals surface area contributed by atoms with Gasteiger partial charge in [0.2, 0.25) is 0 Å². The maximum absolute atomic E-state index is 11.7. The molecule has 0 saturated carbocycles. The molecule has 0 radical (unpaired) electrons. The van der Waals surface area contributed by atoms with Crippen molar-refractivity contribution in [1.82, 2.24) is 0 Å². The van der Waals surface area contributed by atoms with E-state index in [1.807, 2.05) is 24.3 Å². The van der Waals surface area contributed by atoms with Gasteiger partial charge in [-0.05, 0) is 24.3 Å². The van der Waals surface area contributed by atoms with Crippen LogP contribution < -0.4 is 4.90 Å². The number of hydrogen-bond donors (Lipinski definition) is 0. The van der Waals surface area contributed by atoms with Crippen molar-refractivity contribution in [2.75, 3.05) is 18.1 Å². The minimum atomic E-state index is -0.193. The van der Waals surface area contributed by atoms with Gasteiger partial charge in [0.25, 0.3) is 5.91 Å². The van der Waals surface area contributed by atoms with Crippen molar-refractivity contribution < 1.29 is 9.53 Å². The van der Waals surface area contributed by atoms with Gasteiger partial charge < -0.3 is 9.64 Å². The van der Waals surface area contributed by atoms with Gasteiger partial charge in [-0.15, -0.1) is 0 Å². The SMILES string of the molecule is N#CCC1CN(c2ccc(Br)cc2)C(=O)CO1. The molecule has 1 atom stereocenters. The molecule has 1 aliphatic heterocycles. The van der Waals surface area contributed by atoms with Gasteiger partial charge in [-0.25, -0.2) is 0 Å². The van der Waals surface area contributed by atoms with Crippen LogP contribution in [0.3, 0.4) is 0 Å². The fraction of sp³-hybridized carbons (Fsp3) is 0.333. The van der Waals surface area contributed by atoms with E-state index in [1.165, 1.54) is 0 Å². The zero-order valence-electron chi connectivity index (χ0n) is 9.10. The molecule has 1 amide bonds. The van der Waals surface area contributed by atoms with Crippen LogP contribution >= 0.6 is 15.9 Å². The predicted octanol–water partition coefficient (Wildman–Crippen LogP) is 2.09. The van der Waals surface area contributed by atoms with E-state index in [1.54, 1.807) is 4.90 Å². The van der Waals surface area contributed by atoms with Gasteiger partial charge in [-0.1, -0.05) is 15.9 Å². The minimum Gasteiger partial charge on any atom is -0.365 e. The molecule has 17 heavy (non-hydrogen) atoms. The van der Waals surface area contributed by atoms with Crippen molar-refractivity contribution in [2.24, 2.45) is 0 Å². The van der Waals surface area contributed by atoms with Gasteiger partial charge in [0.1, 0.15) is 6.61 Å². The maximum Gasteiger partial charge on any atom is 0.253 e. The van der Waals surface area contributed by atoms with Gasteiger partial charge >= 0.3 is 0 Å². The Bertz CT molecular complexity index is 453. The summed E-state index contributed by atoms with van der Waals surface area (Å²) >= 11 is 3.35. The third kappa shape index (κ3) is 2.84. The average molecular weight is 295 g/mol. The quantitative estimate of drug-likeness (QED) is 0.839. The molecule has 5 heteroatoms. The predicted molar refractivity (Wildman–Crippen MR) is 66.5 cm³/mol. The Labute approximate surface area is 108 Å². The van der Waals surface area contributed by atoms with E-state index in [0.29, 0.717) is 13.0 Å². The molecule has 0 N–H and O–H groups in total. The smallest absolute Gasteiger partial charge is 0.253 e. The number of amides is 1. The molecule has 1 aliphatic rings. The normalized spacial score (nSPS) is 20.1. The van der Waals surface area contributed by atoms with E-state index in [-0.39, 0.29) is 18.6 Å². The average Bonchev–Trinajstić information content (AvgIpc) is 2.33. The van der Waals surface area contributed by atoms with Gasteiger partial charge in [-0.2, -0.15) is 5.26 Å². The standard InChI is InChI=1S/C12H11BrN2O2/c13-9-1-3-10(4-2-9)15-7-11(5-6-14)17-8-12(15)16/h1-4,11H,5,7-8H2. The molecule has 1 aromatic carbocycles. The second-order valence-corrected chi connectivity index (χ2v) is 4.69. The van der Waals surface area contributed by atoms with Gasteiger partial charge in [0, 0.05) is 10.2 Å². The van der Waals surface area contributed by atoms with E-state index < -0.39 is 0 Å². The lowest BCUT2D eigenvalue weighted by Gasteiger charge is -2.31. The summed E-state index contributed by atoms with van der Waals surface area (Å²) in [5.41, 5.74) is 0.837. The molecule has 1 saturated heterocycles. The number of carbonyl (C=O) groups is 1. The molecule has 0 bridgehead atoms. The van der Waals surface area contributed by atoms with Crippen LogP contribution in [0.25, 0.3) is 0 Å². The van der Waals surface area contributed by atoms with Crippen molar-refractivity contribution in [3.05, 3.63) is 28.7 Å². The van der Waals surface area contributed by atoms with E-state index in [0.717, 1.165) is 10.2 Å². The molecule has 1 aromatic rings. The van der Waals surface area contributed by atoms with Gasteiger partial charge in [0.15, 0.2) is 0 Å². The summed E-state index contributed by atoms with van der Waals surface area (Å²) in [7, 11) is 0. The lowest BCUT2D eigenvalue weighted by atomic mass is 10.2. The lowest BCUT2D eigenvalue weighted by Crippen LogP contribution is -2.46. The number of morpholine rings is 1. The van der Waals surface area contributed by atoms with E-state index >= 15 is 0 Å². The van der Waals surface area contributed by atoms with Crippen molar-refractivity contribution >= 4 is 27.5 Å². The Hall–Kier alpha value is -1.38. The van der Waals surface area contributed by atoms with Gasteiger partial charge in [-0.3, -0.25) is 4.79 Å². The summed E-state index contributed by atoms with van der Waals surface area (Å²) in [4.78, 5) is 13.4. The second-order valence-electron chi connectivity index (χ2n) is 3.78. The van der Waals surface area contributed by atoms with Crippen LogP contribution in [0.4, 0.5) is 5.69 Å². The summed E-state index contributed by atoms with van der Waals surface area (Å²) < 4.78 is 6.25. The Morgan fingerprint density at radius 2 is 2.18 bits per heavy atom. The van der Waals surface area contributed by atoms with Crippen LogP contribution in [0.2, 0.25) is 0 Å². The van der Waals surface area contributed by atoms with Gasteiger partial charge in [0.05, 0.1) is 25.1 Å². The summed E-state index contributed by atoms with van der Waals surface area (Å²) in [6.07, 6.45) is 0.113. The largest absolute Gasteiger partial charge is 0.365 e. The highest BCUT2D eigenvalue weighted by atomic mass is 79.9. The molecular weight excluding hydrogens is 284 g/mol. The Balaban J connectivity index is 2.15. The van der Waals surface area contributed by atoms with Crippen molar-refractivity contribution in [1.29, 1.82) is 5.26 Å². The monoisotopic (exact) mass is 294 g/mol. The third-order valence-corrected chi connectivity index (χ3v) is 3.12. The first-order valence-electron chi connectivity index (χ1n) is 5.25. The highest BCUT2D eigenvalue weighted by molar-refractivity contribution is 9.10. The molecule has 1 unspecified atom stereocenters. The van der Waals surface area contributed by atoms with Crippen LogP contribution in [-0.2, 0) is 9.53 Å². The van der Waals surface area contributed by atoms with E-state index in [9.17, 15) is 4.79 Å². The zero-order valence-corrected chi connectivity index (χ0v) is 10.7. The Morgan fingerprint density at radius 3 is 2.82 bits per heavy atom. The van der Waals surface area contributed by atoms with Crippen LogP contribution in [0, 0.1) is 11.3 Å². The van der Waals surface area contributed by atoms with Crippen LogP contribution in [0.15, 0.2) is 28.7 Å². The topological polar surface area (TPSA) is 53.3 Å². The zero-order chi connectivity index (χ0) is 12.3. The maximum atomic E-state index is 11.7. The number of ether oxygens (including phenoxy) is 1. The summed E-state index contributed by atoms with van der Waals surface area (Å²) in [6.45, 7) is 0.483. The second kappa shape index (κ2) is 5.30. The minimum absolute atomic E-state index is 0.0441. The van der Waals surface area contributed by atoms with Crippen LogP contribution in [0.5, 0.6) is 0 Å². The highest BCUT2D eigenvalue weighted by Crippen LogP contribution is 2.21. The summed E-state index contributed by atoms with van der Waals surface area (Å²) in [6, 6.07) is 9.58. The number of hydrogen-bond acceptors (Lipinski definition) is 3. The molecular formula is C12H11BrN2O2. The van der Waals surface area contributed by atoms with E-state index in [2.05, 4.69) is 22.0 Å². The molecule has 4 nitrogen and oxygen atoms in total. The number of rotatable bonds is 2. The molecule has 0 spiro atoms. The highest BCUT2D eigenvalue weighted by Gasteiger charge is 2.27. The van der Waals surface area contributed by atoms with E-state index in [4.69, 9.17) is 10.00 Å². The fourth-order valence-corrected chi connectivity index (χ4v) is 1.99. The molecule has 0 aliphatic carbocycles. The first kappa shape index (κ1) is 12.1. The molecule has 1 heterocycles. The number of halogens is 1. The number of carbonyl (C=O) groups excluding carboxylic acids is 1. The summed E-state index contributed by atoms with van der Waals surface area (Å²) in [5.74, 6) is -0.0680. The number of anilines is 1. The summed E-state index contributed by atoms with van der Waals surface area (Å²) in [5, 5.41) is 8.64. The first-order valence-corrected chi connectivity index (χ1v) is 6.04. The lowest BCUT2D eigenvalue weighted by molar-refractivity contribution is -0.129. The van der Waals surface area contributed by atoms with Crippen molar-refractivity contribution in [3.8, 4) is 6.07 Å². The number of nitriles is 1.